The van der Waals surface area contributed by atoms with Crippen LogP contribution in [0.5, 0.6) is 0 Å². The number of nitrogens with zero attached hydrogens (tertiary/aromatic N) is 3. The summed E-state index contributed by atoms with van der Waals surface area (Å²) in [6.45, 7) is 2.48. The first-order valence-electron chi connectivity index (χ1n) is 5.68. The Labute approximate surface area is 105 Å². The van der Waals surface area contributed by atoms with Gasteiger partial charge < -0.3 is 10.6 Å². The van der Waals surface area contributed by atoms with E-state index in [4.69, 9.17) is 5.73 Å². The highest BCUT2D eigenvalue weighted by molar-refractivity contribution is 6.04. The van der Waals surface area contributed by atoms with Crippen molar-refractivity contribution in [3.05, 3.63) is 48.2 Å². The molecular formula is C13H14N4O. The highest BCUT2D eigenvalue weighted by Crippen LogP contribution is 2.15. The number of aromatic nitrogens is 2. The summed E-state index contributed by atoms with van der Waals surface area (Å²) in [5, 5.41) is 7.50. The zero-order chi connectivity index (χ0) is 13.0. The second-order valence-electron chi connectivity index (χ2n) is 3.73. The molecule has 2 rings (SSSR count). The van der Waals surface area contributed by atoms with Gasteiger partial charge in [0.05, 0.1) is 0 Å². The van der Waals surface area contributed by atoms with E-state index in [2.05, 4.69) is 10.2 Å². The molecule has 92 valence electrons. The van der Waals surface area contributed by atoms with Crippen LogP contribution in [0.15, 0.2) is 42.5 Å². The first kappa shape index (κ1) is 12.0. The molecule has 0 spiro atoms. The number of hydrogen-bond acceptors (Lipinski definition) is 4. The summed E-state index contributed by atoms with van der Waals surface area (Å²) in [4.78, 5) is 13.9. The normalized spacial score (nSPS) is 10.1. The van der Waals surface area contributed by atoms with Crippen LogP contribution in [0.1, 0.15) is 17.4 Å². The van der Waals surface area contributed by atoms with Gasteiger partial charge in [0, 0.05) is 12.2 Å². The van der Waals surface area contributed by atoms with E-state index in [1.165, 1.54) is 0 Å². The van der Waals surface area contributed by atoms with Crippen molar-refractivity contribution in [1.82, 2.24) is 10.2 Å². The SMILES string of the molecule is CCN(C(=O)c1ccc(N)nn1)c1ccccc1. The van der Waals surface area contributed by atoms with E-state index >= 15 is 0 Å². The van der Waals surface area contributed by atoms with Crippen molar-refractivity contribution in [2.24, 2.45) is 0 Å². The van der Waals surface area contributed by atoms with Crippen molar-refractivity contribution in [1.29, 1.82) is 0 Å². The fourth-order valence-corrected chi connectivity index (χ4v) is 1.65. The van der Waals surface area contributed by atoms with Crippen LogP contribution in [0.3, 0.4) is 0 Å². The van der Waals surface area contributed by atoms with Crippen molar-refractivity contribution in [3.8, 4) is 0 Å². The maximum Gasteiger partial charge on any atom is 0.278 e. The molecule has 1 heterocycles. The predicted molar refractivity (Wildman–Crippen MR) is 70.2 cm³/mol. The van der Waals surface area contributed by atoms with Crippen LogP contribution in [-0.4, -0.2) is 22.6 Å². The summed E-state index contributed by atoms with van der Waals surface area (Å²) in [6, 6.07) is 12.6. The second kappa shape index (κ2) is 5.27. The highest BCUT2D eigenvalue weighted by Gasteiger charge is 2.17. The number of rotatable bonds is 3. The third kappa shape index (κ3) is 2.45. The number of anilines is 2. The van der Waals surface area contributed by atoms with E-state index in [1.54, 1.807) is 17.0 Å². The third-order valence-electron chi connectivity index (χ3n) is 2.53. The maximum absolute atomic E-state index is 12.3. The van der Waals surface area contributed by atoms with Crippen molar-refractivity contribution in [2.75, 3.05) is 17.2 Å². The molecule has 1 aromatic heterocycles. The molecule has 0 radical (unpaired) electrons. The molecule has 0 saturated carbocycles. The molecule has 0 atom stereocenters. The lowest BCUT2D eigenvalue weighted by atomic mass is 10.2. The molecule has 0 unspecified atom stereocenters. The van der Waals surface area contributed by atoms with Gasteiger partial charge in [-0.2, -0.15) is 0 Å². The average molecular weight is 242 g/mol. The molecular weight excluding hydrogens is 228 g/mol. The van der Waals surface area contributed by atoms with Gasteiger partial charge in [-0.25, -0.2) is 0 Å². The first-order chi connectivity index (χ1) is 8.72. The number of para-hydroxylation sites is 1. The number of nitrogens with two attached hydrogens (primary N) is 1. The summed E-state index contributed by atoms with van der Waals surface area (Å²) in [7, 11) is 0. The fraction of sp³-hybridized carbons (Fsp3) is 0.154. The van der Waals surface area contributed by atoms with Crippen LogP contribution < -0.4 is 10.6 Å². The summed E-state index contributed by atoms with van der Waals surface area (Å²) in [6.07, 6.45) is 0. The van der Waals surface area contributed by atoms with E-state index in [1.807, 2.05) is 37.3 Å². The lowest BCUT2D eigenvalue weighted by Gasteiger charge is -2.20. The minimum Gasteiger partial charge on any atom is -0.382 e. The summed E-state index contributed by atoms with van der Waals surface area (Å²) in [5.41, 5.74) is 6.57. The molecule has 0 aliphatic carbocycles. The number of benzene rings is 1. The van der Waals surface area contributed by atoms with Crippen molar-refractivity contribution >= 4 is 17.4 Å². The lowest BCUT2D eigenvalue weighted by molar-refractivity contribution is 0.0982. The van der Waals surface area contributed by atoms with E-state index < -0.39 is 0 Å². The van der Waals surface area contributed by atoms with Gasteiger partial charge in [0.25, 0.3) is 5.91 Å². The van der Waals surface area contributed by atoms with Crippen LogP contribution in [0.25, 0.3) is 0 Å². The number of nitrogen functional groups attached to an aromatic ring is 1. The molecule has 5 nitrogen and oxygen atoms in total. The maximum atomic E-state index is 12.3. The molecule has 1 aromatic carbocycles. The van der Waals surface area contributed by atoms with Gasteiger partial charge in [0.2, 0.25) is 0 Å². The Kier molecular flexibility index (Phi) is 3.52. The topological polar surface area (TPSA) is 72.1 Å². The molecule has 5 heteroatoms. The van der Waals surface area contributed by atoms with Gasteiger partial charge in [-0.3, -0.25) is 4.79 Å². The van der Waals surface area contributed by atoms with Crippen LogP contribution in [0, 0.1) is 0 Å². The number of amides is 1. The molecule has 0 aliphatic rings. The van der Waals surface area contributed by atoms with Crippen molar-refractivity contribution in [3.63, 3.8) is 0 Å². The molecule has 18 heavy (non-hydrogen) atoms. The fourth-order valence-electron chi connectivity index (χ4n) is 1.65. The van der Waals surface area contributed by atoms with Gasteiger partial charge in [-0.15, -0.1) is 10.2 Å². The van der Waals surface area contributed by atoms with E-state index in [-0.39, 0.29) is 11.6 Å². The molecule has 1 amide bonds. The molecule has 0 saturated heterocycles. The quantitative estimate of drug-likeness (QED) is 0.889. The van der Waals surface area contributed by atoms with Gasteiger partial charge in [0.15, 0.2) is 5.69 Å². The Balaban J connectivity index is 2.28. The Bertz CT molecular complexity index is 524. The number of carbonyl (C=O) groups excluding carboxylic acids is 1. The van der Waals surface area contributed by atoms with E-state index in [0.717, 1.165) is 5.69 Å². The Morgan fingerprint density at radius 3 is 2.44 bits per heavy atom. The molecule has 0 fully saturated rings. The summed E-state index contributed by atoms with van der Waals surface area (Å²) >= 11 is 0. The number of hydrogen-bond donors (Lipinski definition) is 1. The van der Waals surface area contributed by atoms with Gasteiger partial charge in [-0.1, -0.05) is 18.2 Å². The van der Waals surface area contributed by atoms with Gasteiger partial charge in [-0.05, 0) is 31.2 Å². The van der Waals surface area contributed by atoms with Crippen LogP contribution in [-0.2, 0) is 0 Å². The van der Waals surface area contributed by atoms with Crippen LogP contribution in [0.2, 0.25) is 0 Å². The first-order valence-corrected chi connectivity index (χ1v) is 5.68. The smallest absolute Gasteiger partial charge is 0.278 e. The van der Waals surface area contributed by atoms with E-state index in [0.29, 0.717) is 12.4 Å². The summed E-state index contributed by atoms with van der Waals surface area (Å²) < 4.78 is 0. The third-order valence-corrected chi connectivity index (χ3v) is 2.53. The van der Waals surface area contributed by atoms with Gasteiger partial charge in [0.1, 0.15) is 5.82 Å². The zero-order valence-electron chi connectivity index (χ0n) is 10.1. The Morgan fingerprint density at radius 2 is 1.89 bits per heavy atom. The standard InChI is InChI=1S/C13H14N4O/c1-2-17(10-6-4-3-5-7-10)13(18)11-8-9-12(14)16-15-11/h3-9H,2H2,1H3,(H2,14,16). The van der Waals surface area contributed by atoms with Crippen molar-refractivity contribution in [2.45, 2.75) is 6.92 Å². The molecule has 2 N–H and O–H groups in total. The monoisotopic (exact) mass is 242 g/mol. The van der Waals surface area contributed by atoms with Crippen molar-refractivity contribution < 1.29 is 4.79 Å². The van der Waals surface area contributed by atoms with Crippen LogP contribution >= 0.6 is 0 Å². The largest absolute Gasteiger partial charge is 0.382 e. The van der Waals surface area contributed by atoms with Crippen LogP contribution in [0.4, 0.5) is 11.5 Å². The number of carbonyl (C=O) groups is 1. The molecule has 0 bridgehead atoms. The molecule has 0 aliphatic heterocycles. The lowest BCUT2D eigenvalue weighted by Crippen LogP contribution is -2.31. The van der Waals surface area contributed by atoms with Gasteiger partial charge >= 0.3 is 0 Å². The average Bonchev–Trinajstić information content (AvgIpc) is 2.41. The second-order valence-corrected chi connectivity index (χ2v) is 3.73. The zero-order valence-corrected chi connectivity index (χ0v) is 10.1. The Hall–Kier alpha value is -2.43. The molecule has 2 aromatic rings. The predicted octanol–water partition coefficient (Wildman–Crippen LogP) is 1.73. The minimum atomic E-state index is -0.184. The Morgan fingerprint density at radius 1 is 1.17 bits per heavy atom. The van der Waals surface area contributed by atoms with E-state index in [9.17, 15) is 4.79 Å². The highest BCUT2D eigenvalue weighted by atomic mass is 16.2. The minimum absolute atomic E-state index is 0.184. The summed E-state index contributed by atoms with van der Waals surface area (Å²) in [5.74, 6) is 0.116.